The fraction of sp³-hybridized carbons (Fsp3) is 0.545. The molecule has 0 radical (unpaired) electrons. The monoisotopic (exact) mass is 227 g/mol. The van der Waals surface area contributed by atoms with Gasteiger partial charge < -0.3 is 10.2 Å². The summed E-state index contributed by atoms with van der Waals surface area (Å²) in [6.45, 7) is 6.87. The molecule has 84 valence electrons. The molecule has 1 aromatic rings. The standard InChI is InChI=1S/C11H18ClN3/c1-4-15(5-2)11-7-9(12)6-10(14-11)8-13-3/h6-7,13H,4-5,8H2,1-3H3. The lowest BCUT2D eigenvalue weighted by atomic mass is 10.3. The largest absolute Gasteiger partial charge is 0.357 e. The molecule has 0 aliphatic heterocycles. The Morgan fingerprint density at radius 1 is 1.33 bits per heavy atom. The van der Waals surface area contributed by atoms with Crippen molar-refractivity contribution < 1.29 is 0 Å². The van der Waals surface area contributed by atoms with Crippen LogP contribution < -0.4 is 10.2 Å². The highest BCUT2D eigenvalue weighted by atomic mass is 35.5. The lowest BCUT2D eigenvalue weighted by Gasteiger charge is -2.20. The predicted octanol–water partition coefficient (Wildman–Crippen LogP) is 2.30. The van der Waals surface area contributed by atoms with Crippen LogP contribution in [0.25, 0.3) is 0 Å². The summed E-state index contributed by atoms with van der Waals surface area (Å²) in [7, 11) is 1.90. The second-order valence-corrected chi connectivity index (χ2v) is 3.77. The van der Waals surface area contributed by atoms with Gasteiger partial charge in [0.2, 0.25) is 0 Å². The topological polar surface area (TPSA) is 28.2 Å². The van der Waals surface area contributed by atoms with E-state index < -0.39 is 0 Å². The highest BCUT2D eigenvalue weighted by Gasteiger charge is 2.06. The smallest absolute Gasteiger partial charge is 0.130 e. The van der Waals surface area contributed by atoms with Crippen molar-refractivity contribution in [2.75, 3.05) is 25.0 Å². The van der Waals surface area contributed by atoms with E-state index in [9.17, 15) is 0 Å². The maximum Gasteiger partial charge on any atom is 0.130 e. The summed E-state index contributed by atoms with van der Waals surface area (Å²) in [6.07, 6.45) is 0. The fourth-order valence-corrected chi connectivity index (χ4v) is 1.74. The zero-order valence-electron chi connectivity index (χ0n) is 9.55. The molecule has 1 N–H and O–H groups in total. The van der Waals surface area contributed by atoms with Crippen LogP contribution in [-0.4, -0.2) is 25.1 Å². The first kappa shape index (κ1) is 12.3. The van der Waals surface area contributed by atoms with Crippen LogP contribution >= 0.6 is 11.6 Å². The first-order valence-corrected chi connectivity index (χ1v) is 5.65. The molecular formula is C11H18ClN3. The van der Waals surface area contributed by atoms with E-state index in [0.29, 0.717) is 0 Å². The molecule has 1 heterocycles. The van der Waals surface area contributed by atoms with E-state index in [1.165, 1.54) is 0 Å². The third kappa shape index (κ3) is 3.36. The fourth-order valence-electron chi connectivity index (χ4n) is 1.52. The number of hydrogen-bond donors (Lipinski definition) is 1. The quantitative estimate of drug-likeness (QED) is 0.837. The number of nitrogens with zero attached hydrogens (tertiary/aromatic N) is 2. The number of nitrogens with one attached hydrogen (secondary N) is 1. The van der Waals surface area contributed by atoms with Crippen molar-refractivity contribution in [3.8, 4) is 0 Å². The first-order chi connectivity index (χ1) is 7.21. The molecule has 4 heteroatoms. The van der Waals surface area contributed by atoms with Crippen molar-refractivity contribution in [3.05, 3.63) is 22.8 Å². The van der Waals surface area contributed by atoms with Gasteiger partial charge in [0.1, 0.15) is 5.82 Å². The van der Waals surface area contributed by atoms with E-state index >= 15 is 0 Å². The Bertz CT molecular complexity index is 311. The molecule has 1 aromatic heterocycles. The summed E-state index contributed by atoms with van der Waals surface area (Å²) < 4.78 is 0. The van der Waals surface area contributed by atoms with Gasteiger partial charge in [0.15, 0.2) is 0 Å². The molecule has 0 saturated heterocycles. The Labute approximate surface area is 96.5 Å². The normalized spacial score (nSPS) is 10.4. The van der Waals surface area contributed by atoms with E-state index in [4.69, 9.17) is 11.6 Å². The van der Waals surface area contributed by atoms with Crippen molar-refractivity contribution in [1.29, 1.82) is 0 Å². The number of aromatic nitrogens is 1. The van der Waals surface area contributed by atoms with Crippen molar-refractivity contribution >= 4 is 17.4 Å². The summed E-state index contributed by atoms with van der Waals surface area (Å²) in [4.78, 5) is 6.73. The first-order valence-electron chi connectivity index (χ1n) is 5.27. The Kier molecular flexibility index (Phi) is 4.85. The number of anilines is 1. The van der Waals surface area contributed by atoms with Crippen LogP contribution in [0.3, 0.4) is 0 Å². The Hall–Kier alpha value is -0.800. The number of halogens is 1. The summed E-state index contributed by atoms with van der Waals surface area (Å²) in [5, 5.41) is 3.82. The van der Waals surface area contributed by atoms with Gasteiger partial charge in [-0.05, 0) is 33.0 Å². The average molecular weight is 228 g/mol. The van der Waals surface area contributed by atoms with Gasteiger partial charge in [0, 0.05) is 24.7 Å². The Balaban J connectivity index is 2.96. The molecule has 3 nitrogen and oxygen atoms in total. The minimum atomic E-state index is 0.745. The van der Waals surface area contributed by atoms with Crippen LogP contribution in [0.15, 0.2) is 12.1 Å². The molecule has 0 unspecified atom stereocenters. The van der Waals surface area contributed by atoms with E-state index in [2.05, 4.69) is 29.0 Å². The molecule has 0 aromatic carbocycles. The van der Waals surface area contributed by atoms with Crippen LogP contribution in [0.1, 0.15) is 19.5 Å². The van der Waals surface area contributed by atoms with Crippen molar-refractivity contribution in [1.82, 2.24) is 10.3 Å². The third-order valence-electron chi connectivity index (χ3n) is 2.27. The zero-order chi connectivity index (χ0) is 11.3. The highest BCUT2D eigenvalue weighted by molar-refractivity contribution is 6.30. The molecule has 1 rings (SSSR count). The van der Waals surface area contributed by atoms with Gasteiger partial charge in [-0.1, -0.05) is 11.6 Å². The van der Waals surface area contributed by atoms with Crippen molar-refractivity contribution in [2.45, 2.75) is 20.4 Å². The van der Waals surface area contributed by atoms with Gasteiger partial charge in [0.25, 0.3) is 0 Å². The number of hydrogen-bond acceptors (Lipinski definition) is 3. The van der Waals surface area contributed by atoms with Gasteiger partial charge in [-0.3, -0.25) is 0 Å². The molecule has 0 bridgehead atoms. The van der Waals surface area contributed by atoms with Crippen molar-refractivity contribution in [3.63, 3.8) is 0 Å². The molecule has 0 fully saturated rings. The zero-order valence-corrected chi connectivity index (χ0v) is 10.3. The SMILES string of the molecule is CCN(CC)c1cc(Cl)cc(CNC)n1. The van der Waals surface area contributed by atoms with Gasteiger partial charge in [-0.15, -0.1) is 0 Å². The molecular weight excluding hydrogens is 210 g/mol. The lowest BCUT2D eigenvalue weighted by molar-refractivity contribution is 0.777. The maximum absolute atomic E-state index is 6.05. The number of rotatable bonds is 5. The average Bonchev–Trinajstić information content (AvgIpc) is 2.19. The van der Waals surface area contributed by atoms with Crippen LogP contribution in [0.5, 0.6) is 0 Å². The highest BCUT2D eigenvalue weighted by Crippen LogP contribution is 2.18. The summed E-state index contributed by atoms with van der Waals surface area (Å²) in [5.74, 6) is 0.956. The molecule has 15 heavy (non-hydrogen) atoms. The predicted molar refractivity (Wildman–Crippen MR) is 65.6 cm³/mol. The van der Waals surface area contributed by atoms with Gasteiger partial charge >= 0.3 is 0 Å². The Morgan fingerprint density at radius 2 is 2.00 bits per heavy atom. The van der Waals surface area contributed by atoms with Gasteiger partial charge in [-0.2, -0.15) is 0 Å². The Morgan fingerprint density at radius 3 is 2.53 bits per heavy atom. The minimum absolute atomic E-state index is 0.745. The molecule has 0 spiro atoms. The molecule has 0 aliphatic rings. The molecule has 0 aliphatic carbocycles. The van der Waals surface area contributed by atoms with Gasteiger partial charge in [0.05, 0.1) is 5.69 Å². The van der Waals surface area contributed by atoms with E-state index in [1.807, 2.05) is 19.2 Å². The second-order valence-electron chi connectivity index (χ2n) is 3.34. The minimum Gasteiger partial charge on any atom is -0.357 e. The van der Waals surface area contributed by atoms with Gasteiger partial charge in [-0.25, -0.2) is 4.98 Å². The van der Waals surface area contributed by atoms with Crippen LogP contribution in [0.2, 0.25) is 5.02 Å². The summed E-state index contributed by atoms with van der Waals surface area (Å²) >= 11 is 6.05. The molecule has 0 amide bonds. The summed E-state index contributed by atoms with van der Waals surface area (Å²) in [5.41, 5.74) is 0.979. The van der Waals surface area contributed by atoms with Crippen LogP contribution in [-0.2, 0) is 6.54 Å². The second kappa shape index (κ2) is 5.93. The maximum atomic E-state index is 6.05. The molecule has 0 atom stereocenters. The number of pyridine rings is 1. The van der Waals surface area contributed by atoms with E-state index in [1.54, 1.807) is 0 Å². The van der Waals surface area contributed by atoms with E-state index in [-0.39, 0.29) is 0 Å². The molecule has 0 saturated carbocycles. The van der Waals surface area contributed by atoms with E-state index in [0.717, 1.165) is 36.2 Å². The summed E-state index contributed by atoms with van der Waals surface area (Å²) in [6, 6.07) is 3.80. The lowest BCUT2D eigenvalue weighted by Crippen LogP contribution is -2.23. The van der Waals surface area contributed by atoms with Crippen molar-refractivity contribution in [2.24, 2.45) is 0 Å². The van der Waals surface area contributed by atoms with Crippen LogP contribution in [0.4, 0.5) is 5.82 Å². The van der Waals surface area contributed by atoms with Crippen LogP contribution in [0, 0.1) is 0 Å². The third-order valence-corrected chi connectivity index (χ3v) is 2.49.